The molecular formula is C15H14N8S. The lowest BCUT2D eigenvalue weighted by Crippen LogP contribution is -1.98. The molecule has 3 aromatic heterocycles. The second-order valence-electron chi connectivity index (χ2n) is 4.87. The minimum atomic E-state index is 0.316. The van der Waals surface area contributed by atoms with Gasteiger partial charge < -0.3 is 31.1 Å². The van der Waals surface area contributed by atoms with Crippen molar-refractivity contribution < 1.29 is 0 Å². The molecule has 6 N–H and O–H groups in total. The Hall–Kier alpha value is -3.43. The molecule has 3 aromatic rings. The van der Waals surface area contributed by atoms with Crippen LogP contribution in [-0.4, -0.2) is 19.9 Å². The average Bonchev–Trinajstić information content (AvgIpc) is 2.95. The topological polar surface area (TPSA) is 118 Å². The average molecular weight is 338 g/mol. The Kier molecular flexibility index (Phi) is 4.78. The summed E-state index contributed by atoms with van der Waals surface area (Å²) in [5.41, 5.74) is 15.1. The summed E-state index contributed by atoms with van der Waals surface area (Å²) < 4.78 is 0.557. The van der Waals surface area contributed by atoms with Crippen LogP contribution in [0.15, 0.2) is 12.4 Å². The van der Waals surface area contributed by atoms with Crippen LogP contribution in [0, 0.1) is 31.8 Å². The van der Waals surface area contributed by atoms with Crippen molar-refractivity contribution in [2.24, 2.45) is 0 Å². The first-order chi connectivity index (χ1) is 11.4. The van der Waals surface area contributed by atoms with Crippen LogP contribution in [0.5, 0.6) is 0 Å². The van der Waals surface area contributed by atoms with Crippen molar-refractivity contribution in [1.82, 2.24) is 19.9 Å². The number of imidazole rings is 1. The molecule has 0 radical (unpaired) electrons. The van der Waals surface area contributed by atoms with Gasteiger partial charge >= 0.3 is 0 Å². The van der Waals surface area contributed by atoms with Crippen molar-refractivity contribution in [1.29, 1.82) is 0 Å². The number of hydrogen-bond acceptors (Lipinski definition) is 5. The first kappa shape index (κ1) is 16.9. The molecule has 0 saturated carbocycles. The molecule has 0 aliphatic carbocycles. The summed E-state index contributed by atoms with van der Waals surface area (Å²) in [5, 5.41) is 0. The van der Waals surface area contributed by atoms with Crippen molar-refractivity contribution in [2.75, 3.05) is 11.5 Å². The Balaban J connectivity index is 0.000000177. The van der Waals surface area contributed by atoms with Crippen LogP contribution in [-0.2, 0) is 0 Å². The second-order valence-corrected chi connectivity index (χ2v) is 5.28. The number of nitrogens with two attached hydrogens (primary N) is 2. The predicted molar refractivity (Wildman–Crippen MR) is 96.3 cm³/mol. The van der Waals surface area contributed by atoms with Crippen molar-refractivity contribution >= 4 is 46.3 Å². The molecule has 24 heavy (non-hydrogen) atoms. The normalized spacial score (nSPS) is 9.67. The van der Waals surface area contributed by atoms with Crippen LogP contribution in [0.25, 0.3) is 20.7 Å². The van der Waals surface area contributed by atoms with Gasteiger partial charge in [0.05, 0.1) is 16.9 Å². The summed E-state index contributed by atoms with van der Waals surface area (Å²) in [6.07, 6.45) is 3.01. The van der Waals surface area contributed by atoms with Gasteiger partial charge in [0, 0.05) is 11.1 Å². The molecular weight excluding hydrogens is 324 g/mol. The molecule has 0 unspecified atom stereocenters. The smallest absolute Gasteiger partial charge is 0.274 e. The third-order valence-corrected chi connectivity index (χ3v) is 3.57. The maximum Gasteiger partial charge on any atom is 0.274 e. The Labute approximate surface area is 143 Å². The minimum Gasteiger partial charge on any atom is -0.398 e. The van der Waals surface area contributed by atoms with Gasteiger partial charge in [0.2, 0.25) is 0 Å². The highest BCUT2D eigenvalue weighted by Gasteiger charge is 2.07. The van der Waals surface area contributed by atoms with E-state index >= 15 is 0 Å². The summed E-state index contributed by atoms with van der Waals surface area (Å²) in [7, 11) is 0. The number of fused-ring (bicyclic) bond motifs is 1. The molecule has 120 valence electrons. The fourth-order valence-electron chi connectivity index (χ4n) is 1.98. The molecule has 8 nitrogen and oxygen atoms in total. The van der Waals surface area contributed by atoms with Crippen LogP contribution < -0.4 is 11.5 Å². The number of aryl methyl sites for hydroxylation is 1. The van der Waals surface area contributed by atoms with Crippen LogP contribution in [0.4, 0.5) is 23.0 Å². The Morgan fingerprint density at radius 3 is 2.21 bits per heavy atom. The van der Waals surface area contributed by atoms with E-state index in [1.54, 1.807) is 13.1 Å². The maximum absolute atomic E-state index is 6.88. The number of pyridine rings is 2. The van der Waals surface area contributed by atoms with Gasteiger partial charge in [0.15, 0.2) is 4.77 Å². The van der Waals surface area contributed by atoms with Crippen molar-refractivity contribution in [3.63, 3.8) is 0 Å². The maximum atomic E-state index is 6.88. The Bertz CT molecular complexity index is 1050. The van der Waals surface area contributed by atoms with E-state index in [0.717, 1.165) is 16.6 Å². The Morgan fingerprint density at radius 1 is 1.00 bits per heavy atom. The number of anilines is 2. The lowest BCUT2D eigenvalue weighted by Gasteiger charge is -2.02. The first-order valence-electron chi connectivity index (χ1n) is 6.72. The lowest BCUT2D eigenvalue weighted by molar-refractivity contribution is 1.29. The zero-order valence-corrected chi connectivity index (χ0v) is 13.8. The highest BCUT2D eigenvalue weighted by atomic mass is 32.1. The summed E-state index contributed by atoms with van der Waals surface area (Å²) >= 11 is 4.94. The van der Waals surface area contributed by atoms with Gasteiger partial charge in [-0.2, -0.15) is 0 Å². The molecule has 3 rings (SSSR count). The third-order valence-electron chi connectivity index (χ3n) is 3.37. The van der Waals surface area contributed by atoms with E-state index in [1.807, 2.05) is 6.92 Å². The quantitative estimate of drug-likeness (QED) is 0.369. The Morgan fingerprint density at radius 2 is 1.58 bits per heavy atom. The first-order valence-corrected chi connectivity index (χ1v) is 7.13. The van der Waals surface area contributed by atoms with Crippen molar-refractivity contribution in [3.8, 4) is 0 Å². The van der Waals surface area contributed by atoms with Crippen LogP contribution in [0.2, 0.25) is 0 Å². The van der Waals surface area contributed by atoms with Gasteiger partial charge in [-0.3, -0.25) is 0 Å². The van der Waals surface area contributed by atoms with E-state index in [4.69, 9.17) is 36.8 Å². The van der Waals surface area contributed by atoms with Gasteiger partial charge in [-0.1, -0.05) is 13.1 Å². The summed E-state index contributed by atoms with van der Waals surface area (Å²) in [5.74, 6) is 0.731. The molecule has 0 bridgehead atoms. The number of nitrogens with zero attached hydrogens (tertiary/aromatic N) is 4. The van der Waals surface area contributed by atoms with Crippen LogP contribution in [0.3, 0.4) is 0 Å². The minimum absolute atomic E-state index is 0.316. The van der Waals surface area contributed by atoms with E-state index in [1.165, 1.54) is 6.20 Å². The number of rotatable bonds is 0. The molecule has 0 aliphatic rings. The molecule has 0 spiro atoms. The van der Waals surface area contributed by atoms with Gasteiger partial charge in [-0.05, 0) is 26.1 Å². The third kappa shape index (κ3) is 3.16. The molecule has 3 heterocycles. The lowest BCUT2D eigenvalue weighted by atomic mass is 10.2. The van der Waals surface area contributed by atoms with Gasteiger partial charge in [-0.15, -0.1) is 9.97 Å². The second kappa shape index (κ2) is 6.77. The molecule has 0 saturated heterocycles. The van der Waals surface area contributed by atoms with Crippen LogP contribution >= 0.6 is 12.2 Å². The number of nitrogens with one attached hydrogen (secondary N) is 2. The summed E-state index contributed by atoms with van der Waals surface area (Å²) in [4.78, 5) is 20.2. The number of hydrogen-bond donors (Lipinski definition) is 4. The molecule has 0 fully saturated rings. The number of H-pyrrole nitrogens is 2. The summed E-state index contributed by atoms with van der Waals surface area (Å²) in [6.45, 7) is 17.2. The molecule has 0 amide bonds. The largest absolute Gasteiger partial charge is 0.398 e. The van der Waals surface area contributed by atoms with Crippen molar-refractivity contribution in [2.45, 2.75) is 13.8 Å². The number of aromatic nitrogens is 4. The SMILES string of the molecule is [C-]#[N+]c1ncc(N)c(N)c1C.[C-]#[N+]c1ncc2[nH]c(=S)[nH]c2c1C. The summed E-state index contributed by atoms with van der Waals surface area (Å²) in [6, 6.07) is 0. The molecule has 0 atom stereocenters. The molecule has 0 aliphatic heterocycles. The number of nitrogen functional groups attached to an aromatic ring is 2. The fraction of sp³-hybridized carbons (Fsp3) is 0.133. The van der Waals surface area contributed by atoms with E-state index < -0.39 is 0 Å². The van der Waals surface area contributed by atoms with Gasteiger partial charge in [-0.25, -0.2) is 0 Å². The van der Waals surface area contributed by atoms with E-state index in [-0.39, 0.29) is 0 Å². The predicted octanol–water partition coefficient (Wildman–Crippen LogP) is 3.58. The van der Waals surface area contributed by atoms with E-state index in [2.05, 4.69) is 29.6 Å². The fourth-order valence-corrected chi connectivity index (χ4v) is 2.20. The zero-order valence-electron chi connectivity index (χ0n) is 13.0. The molecule has 0 aromatic carbocycles. The van der Waals surface area contributed by atoms with Crippen molar-refractivity contribution in [3.05, 3.63) is 51.1 Å². The highest BCUT2D eigenvalue weighted by Crippen LogP contribution is 2.25. The number of aromatic amines is 2. The van der Waals surface area contributed by atoms with E-state index in [0.29, 0.717) is 33.3 Å². The van der Waals surface area contributed by atoms with Gasteiger partial charge in [0.25, 0.3) is 11.6 Å². The standard InChI is InChI=1S/C8H6N4S.C7H8N4/c1-4-6-5(11-8(13)12-6)3-10-7(4)9-2;1-4-6(9)5(8)3-11-7(4)10-2/h3H,1H3,(H2,11,12,13);3H,8H2,1H3,(H2,9,11). The molecule has 9 heteroatoms. The van der Waals surface area contributed by atoms with Gasteiger partial charge in [0.1, 0.15) is 17.9 Å². The zero-order chi connectivity index (χ0) is 17.9. The highest BCUT2D eigenvalue weighted by molar-refractivity contribution is 7.71. The van der Waals surface area contributed by atoms with Crippen LogP contribution in [0.1, 0.15) is 11.1 Å². The van der Waals surface area contributed by atoms with E-state index in [9.17, 15) is 0 Å². The monoisotopic (exact) mass is 338 g/mol.